The van der Waals surface area contributed by atoms with E-state index >= 15 is 0 Å². The Bertz CT molecular complexity index is 959. The Labute approximate surface area is 185 Å². The fourth-order valence-electron chi connectivity index (χ4n) is 4.92. The number of hydrogen-bond acceptors (Lipinski definition) is 7. The number of halogens is 1. The van der Waals surface area contributed by atoms with Crippen LogP contribution in [0.4, 0.5) is 14.9 Å². The minimum absolute atomic E-state index is 0.192. The van der Waals surface area contributed by atoms with Crippen molar-refractivity contribution < 1.29 is 29.0 Å². The van der Waals surface area contributed by atoms with Crippen molar-refractivity contribution in [1.29, 1.82) is 0 Å². The molecule has 2 N–H and O–H groups in total. The van der Waals surface area contributed by atoms with Crippen LogP contribution >= 0.6 is 0 Å². The van der Waals surface area contributed by atoms with Crippen molar-refractivity contribution >= 4 is 11.8 Å². The van der Waals surface area contributed by atoms with E-state index in [2.05, 4.69) is 9.80 Å². The summed E-state index contributed by atoms with van der Waals surface area (Å²) in [5.74, 6) is -0.316. The van der Waals surface area contributed by atoms with Gasteiger partial charge in [-0.1, -0.05) is 6.07 Å². The molecule has 2 unspecified atom stereocenters. The zero-order valence-electron chi connectivity index (χ0n) is 17.7. The van der Waals surface area contributed by atoms with Crippen LogP contribution < -0.4 is 9.74 Å². The monoisotopic (exact) mass is 446 g/mol. The predicted molar refractivity (Wildman–Crippen MR) is 113 cm³/mol. The van der Waals surface area contributed by atoms with Crippen molar-refractivity contribution in [3.05, 3.63) is 41.7 Å². The van der Waals surface area contributed by atoms with Gasteiger partial charge in [0.05, 0.1) is 13.2 Å². The summed E-state index contributed by atoms with van der Waals surface area (Å²) >= 11 is 0. The van der Waals surface area contributed by atoms with Crippen LogP contribution in [0, 0.1) is 17.7 Å². The standard InChI is InChI=1S/C22H27FN4O5/c23-19-9-18(25-5-7-31-8-6-25)2-1-15(19)10-24-11-16-13-26(14-17(16)12-24)22(30)32-27-20(28)3-4-21(27)29/h1-4,9,16-17,28-29H,5-8,10-14H2. The van der Waals surface area contributed by atoms with Crippen LogP contribution in [0.5, 0.6) is 11.8 Å². The van der Waals surface area contributed by atoms with Crippen LogP contribution in [0.3, 0.4) is 0 Å². The molecule has 0 aliphatic carbocycles. The molecule has 10 heteroatoms. The Hall–Kier alpha value is -2.98. The van der Waals surface area contributed by atoms with Gasteiger partial charge in [-0.3, -0.25) is 4.90 Å². The molecule has 172 valence electrons. The van der Waals surface area contributed by atoms with E-state index in [0.29, 0.717) is 43.1 Å². The third-order valence-corrected chi connectivity index (χ3v) is 6.59. The van der Waals surface area contributed by atoms with Crippen LogP contribution in [-0.4, -0.2) is 83.3 Å². The molecule has 5 rings (SSSR count). The number of benzene rings is 1. The van der Waals surface area contributed by atoms with Crippen molar-refractivity contribution in [2.75, 3.05) is 57.4 Å². The minimum atomic E-state index is -0.613. The molecule has 32 heavy (non-hydrogen) atoms. The molecule has 4 heterocycles. The summed E-state index contributed by atoms with van der Waals surface area (Å²) < 4.78 is 20.8. The van der Waals surface area contributed by atoms with E-state index in [9.17, 15) is 19.4 Å². The average molecular weight is 446 g/mol. The number of anilines is 1. The molecule has 3 aliphatic rings. The topological polar surface area (TPSA) is 90.6 Å². The summed E-state index contributed by atoms with van der Waals surface area (Å²) in [6.07, 6.45) is -0.613. The van der Waals surface area contributed by atoms with E-state index in [1.54, 1.807) is 11.0 Å². The molecular formula is C22H27FN4O5. The second-order valence-electron chi connectivity index (χ2n) is 8.70. The summed E-state index contributed by atoms with van der Waals surface area (Å²) in [7, 11) is 0. The van der Waals surface area contributed by atoms with Crippen LogP contribution in [-0.2, 0) is 11.3 Å². The summed E-state index contributed by atoms with van der Waals surface area (Å²) in [6, 6.07) is 7.94. The molecule has 1 aromatic carbocycles. The maximum absolute atomic E-state index is 14.8. The fourth-order valence-corrected chi connectivity index (χ4v) is 4.92. The van der Waals surface area contributed by atoms with Gasteiger partial charge in [-0.05, 0) is 24.0 Å². The first-order valence-electron chi connectivity index (χ1n) is 10.9. The highest BCUT2D eigenvalue weighted by Crippen LogP contribution is 2.33. The van der Waals surface area contributed by atoms with Gasteiger partial charge in [0.25, 0.3) is 0 Å². The van der Waals surface area contributed by atoms with Crippen LogP contribution in [0.25, 0.3) is 0 Å². The number of rotatable bonds is 4. The number of carbonyl (C=O) groups excluding carboxylic acids is 1. The van der Waals surface area contributed by atoms with Gasteiger partial charge in [0.1, 0.15) is 5.82 Å². The molecular weight excluding hydrogens is 419 g/mol. The van der Waals surface area contributed by atoms with Crippen molar-refractivity contribution in [2.45, 2.75) is 6.54 Å². The van der Waals surface area contributed by atoms with Crippen molar-refractivity contribution in [1.82, 2.24) is 14.5 Å². The number of carbonyl (C=O) groups is 1. The van der Waals surface area contributed by atoms with Gasteiger partial charge in [-0.2, -0.15) is 0 Å². The zero-order chi connectivity index (χ0) is 22.2. The summed E-state index contributed by atoms with van der Waals surface area (Å²) in [4.78, 5) is 23.5. The molecule has 0 radical (unpaired) electrons. The Morgan fingerprint density at radius 3 is 2.31 bits per heavy atom. The fraction of sp³-hybridized carbons (Fsp3) is 0.500. The van der Waals surface area contributed by atoms with Gasteiger partial charge in [0.2, 0.25) is 11.8 Å². The Balaban J connectivity index is 1.15. The lowest BCUT2D eigenvalue weighted by Gasteiger charge is -2.29. The second-order valence-corrected chi connectivity index (χ2v) is 8.70. The SMILES string of the molecule is O=C(On1c(O)ccc1O)N1CC2CN(Cc3ccc(N4CCOCC4)cc3F)CC2C1. The number of fused-ring (bicyclic) bond motifs is 1. The van der Waals surface area contributed by atoms with Gasteiger partial charge in [-0.15, -0.1) is 4.73 Å². The van der Waals surface area contributed by atoms with Crippen molar-refractivity contribution in [2.24, 2.45) is 11.8 Å². The maximum Gasteiger partial charge on any atom is 0.434 e. The van der Waals surface area contributed by atoms with Crippen LogP contribution in [0.1, 0.15) is 5.56 Å². The molecule has 3 fully saturated rings. The van der Waals surface area contributed by atoms with E-state index < -0.39 is 6.09 Å². The van der Waals surface area contributed by atoms with Gasteiger partial charge < -0.3 is 29.6 Å². The third kappa shape index (κ3) is 4.07. The molecule has 0 saturated carbocycles. The Morgan fingerprint density at radius 1 is 1.03 bits per heavy atom. The number of hydrogen-bond donors (Lipinski definition) is 2. The zero-order valence-corrected chi connectivity index (χ0v) is 17.7. The van der Waals surface area contributed by atoms with Crippen LogP contribution in [0.2, 0.25) is 0 Å². The largest absolute Gasteiger partial charge is 0.492 e. The first-order chi connectivity index (χ1) is 15.5. The van der Waals surface area contributed by atoms with Gasteiger partial charge in [0.15, 0.2) is 0 Å². The number of ether oxygens (including phenoxy) is 1. The summed E-state index contributed by atoms with van der Waals surface area (Å²) in [5.41, 5.74) is 1.57. The summed E-state index contributed by atoms with van der Waals surface area (Å²) in [6.45, 7) is 6.03. The molecule has 0 spiro atoms. The molecule has 2 aromatic rings. The quantitative estimate of drug-likeness (QED) is 0.735. The number of aromatic hydroxyl groups is 2. The number of aromatic nitrogens is 1. The second kappa shape index (κ2) is 8.51. The highest BCUT2D eigenvalue weighted by Gasteiger charge is 2.42. The van der Waals surface area contributed by atoms with Crippen LogP contribution in [0.15, 0.2) is 30.3 Å². The number of nitrogens with zero attached hydrogens (tertiary/aromatic N) is 4. The molecule has 1 aromatic heterocycles. The molecule has 2 atom stereocenters. The Kier molecular flexibility index (Phi) is 5.56. The van der Waals surface area contributed by atoms with Crippen molar-refractivity contribution in [3.63, 3.8) is 0 Å². The molecule has 0 bridgehead atoms. The molecule has 1 amide bonds. The molecule has 3 saturated heterocycles. The van der Waals surface area contributed by atoms with Gasteiger partial charge in [0, 0.05) is 69.2 Å². The number of likely N-dealkylation sites (tertiary alicyclic amines) is 2. The van der Waals surface area contributed by atoms with Gasteiger partial charge >= 0.3 is 6.09 Å². The smallest absolute Gasteiger partial charge is 0.434 e. The highest BCUT2D eigenvalue weighted by molar-refractivity contribution is 5.68. The number of morpholine rings is 1. The minimum Gasteiger partial charge on any atom is -0.492 e. The molecule has 9 nitrogen and oxygen atoms in total. The summed E-state index contributed by atoms with van der Waals surface area (Å²) in [5, 5.41) is 19.3. The van der Waals surface area contributed by atoms with Crippen molar-refractivity contribution in [3.8, 4) is 11.8 Å². The third-order valence-electron chi connectivity index (χ3n) is 6.59. The lowest BCUT2D eigenvalue weighted by Crippen LogP contribution is -2.37. The predicted octanol–water partition coefficient (Wildman–Crippen LogP) is 1.49. The average Bonchev–Trinajstić information content (AvgIpc) is 3.45. The van der Waals surface area contributed by atoms with Gasteiger partial charge in [-0.25, -0.2) is 9.18 Å². The normalized spacial score (nSPS) is 23.5. The highest BCUT2D eigenvalue weighted by atomic mass is 19.1. The van der Waals surface area contributed by atoms with E-state index in [1.807, 2.05) is 12.1 Å². The molecule has 3 aliphatic heterocycles. The van der Waals surface area contributed by atoms with E-state index in [0.717, 1.165) is 31.9 Å². The lowest BCUT2D eigenvalue weighted by molar-refractivity contribution is 0.0774. The first-order valence-corrected chi connectivity index (χ1v) is 10.9. The van der Waals surface area contributed by atoms with E-state index in [4.69, 9.17) is 9.57 Å². The lowest BCUT2D eigenvalue weighted by atomic mass is 10.0. The van der Waals surface area contributed by atoms with E-state index in [-0.39, 0.29) is 29.4 Å². The van der Waals surface area contributed by atoms with E-state index in [1.165, 1.54) is 12.1 Å². The first kappa shape index (κ1) is 20.9. The number of amides is 1. The maximum atomic E-state index is 14.8. The Morgan fingerprint density at radius 2 is 1.69 bits per heavy atom.